The molecule has 0 unspecified atom stereocenters. The van der Waals surface area contributed by atoms with Crippen LogP contribution >= 0.6 is 0 Å². The Hall–Kier alpha value is -0.0400. The SMILES string of the molecule is CCCCCCCCCCCC[C@@H](C)[C@H](C)O. The molecule has 1 nitrogen and oxygen atoms in total. The molecule has 0 aromatic carbocycles. The van der Waals surface area contributed by atoms with Crippen molar-refractivity contribution in [3.8, 4) is 0 Å². The van der Waals surface area contributed by atoms with Gasteiger partial charge in [-0.1, -0.05) is 78.1 Å². The minimum atomic E-state index is -0.131. The maximum atomic E-state index is 9.36. The van der Waals surface area contributed by atoms with Gasteiger partial charge in [0.2, 0.25) is 0 Å². The van der Waals surface area contributed by atoms with Gasteiger partial charge >= 0.3 is 0 Å². The summed E-state index contributed by atoms with van der Waals surface area (Å²) in [5, 5.41) is 9.36. The van der Waals surface area contributed by atoms with Crippen LogP contribution < -0.4 is 0 Å². The number of aliphatic hydroxyl groups excluding tert-OH is 1. The van der Waals surface area contributed by atoms with Crippen LogP contribution in [0.1, 0.15) is 91.4 Å². The Bertz CT molecular complexity index is 142. The first-order chi connectivity index (χ1) is 8.18. The lowest BCUT2D eigenvalue weighted by Gasteiger charge is -2.13. The summed E-state index contributed by atoms with van der Waals surface area (Å²) >= 11 is 0. The third kappa shape index (κ3) is 12.2. The van der Waals surface area contributed by atoms with E-state index in [2.05, 4.69) is 13.8 Å². The van der Waals surface area contributed by atoms with Gasteiger partial charge in [0.25, 0.3) is 0 Å². The average molecular weight is 242 g/mol. The van der Waals surface area contributed by atoms with E-state index < -0.39 is 0 Å². The van der Waals surface area contributed by atoms with E-state index in [1.165, 1.54) is 70.6 Å². The summed E-state index contributed by atoms with van der Waals surface area (Å²) in [7, 11) is 0. The van der Waals surface area contributed by atoms with Crippen LogP contribution in [0.5, 0.6) is 0 Å². The Kier molecular flexibility index (Phi) is 12.4. The van der Waals surface area contributed by atoms with Gasteiger partial charge in [-0.25, -0.2) is 0 Å². The molecular formula is C16H34O. The summed E-state index contributed by atoms with van der Waals surface area (Å²) in [6.45, 7) is 6.33. The molecule has 0 aromatic heterocycles. The molecular weight excluding hydrogens is 208 g/mol. The summed E-state index contributed by atoms with van der Waals surface area (Å²) in [6, 6.07) is 0. The number of unbranched alkanes of at least 4 members (excludes halogenated alkanes) is 9. The molecule has 0 heterocycles. The van der Waals surface area contributed by atoms with Crippen molar-refractivity contribution in [3.05, 3.63) is 0 Å². The van der Waals surface area contributed by atoms with Crippen molar-refractivity contribution in [1.29, 1.82) is 0 Å². The maximum absolute atomic E-state index is 9.36. The van der Waals surface area contributed by atoms with Crippen molar-refractivity contribution in [2.75, 3.05) is 0 Å². The summed E-state index contributed by atoms with van der Waals surface area (Å²) in [6.07, 6.45) is 15.0. The number of hydrogen-bond acceptors (Lipinski definition) is 1. The van der Waals surface area contributed by atoms with Crippen LogP contribution in [-0.4, -0.2) is 11.2 Å². The minimum absolute atomic E-state index is 0.131. The lowest BCUT2D eigenvalue weighted by molar-refractivity contribution is 0.128. The number of aliphatic hydroxyl groups is 1. The Morgan fingerprint density at radius 3 is 1.53 bits per heavy atom. The number of hydrogen-bond donors (Lipinski definition) is 1. The van der Waals surface area contributed by atoms with Gasteiger partial charge in [-0.2, -0.15) is 0 Å². The van der Waals surface area contributed by atoms with Crippen LogP contribution in [0.2, 0.25) is 0 Å². The molecule has 17 heavy (non-hydrogen) atoms. The first-order valence-corrected chi connectivity index (χ1v) is 7.86. The van der Waals surface area contributed by atoms with Gasteiger partial charge in [0.15, 0.2) is 0 Å². The van der Waals surface area contributed by atoms with E-state index in [1.807, 2.05) is 6.92 Å². The molecule has 0 radical (unpaired) electrons. The van der Waals surface area contributed by atoms with Crippen molar-refractivity contribution >= 4 is 0 Å². The molecule has 1 heteroatoms. The fourth-order valence-electron chi connectivity index (χ4n) is 2.19. The quantitative estimate of drug-likeness (QED) is 0.460. The topological polar surface area (TPSA) is 20.2 Å². The third-order valence-electron chi connectivity index (χ3n) is 3.84. The second kappa shape index (κ2) is 12.4. The van der Waals surface area contributed by atoms with E-state index in [9.17, 15) is 5.11 Å². The molecule has 0 rings (SSSR count). The lowest BCUT2D eigenvalue weighted by Crippen LogP contribution is -2.12. The van der Waals surface area contributed by atoms with Crippen molar-refractivity contribution < 1.29 is 5.11 Å². The van der Waals surface area contributed by atoms with Gasteiger partial charge in [-0.3, -0.25) is 0 Å². The second-order valence-corrected chi connectivity index (χ2v) is 5.69. The van der Waals surface area contributed by atoms with E-state index >= 15 is 0 Å². The van der Waals surface area contributed by atoms with Crippen molar-refractivity contribution in [1.82, 2.24) is 0 Å². The van der Waals surface area contributed by atoms with Crippen LogP contribution in [0.15, 0.2) is 0 Å². The highest BCUT2D eigenvalue weighted by Crippen LogP contribution is 2.15. The van der Waals surface area contributed by atoms with Gasteiger partial charge in [0.1, 0.15) is 0 Å². The Morgan fingerprint density at radius 1 is 0.706 bits per heavy atom. The minimum Gasteiger partial charge on any atom is -0.393 e. The van der Waals surface area contributed by atoms with E-state index in [4.69, 9.17) is 0 Å². The van der Waals surface area contributed by atoms with Crippen molar-refractivity contribution in [2.45, 2.75) is 97.5 Å². The summed E-state index contributed by atoms with van der Waals surface area (Å²) in [5.74, 6) is 0.476. The molecule has 0 spiro atoms. The Morgan fingerprint density at radius 2 is 1.12 bits per heavy atom. The molecule has 2 atom stereocenters. The zero-order valence-electron chi connectivity index (χ0n) is 12.4. The van der Waals surface area contributed by atoms with Gasteiger partial charge in [-0.15, -0.1) is 0 Å². The fourth-order valence-corrected chi connectivity index (χ4v) is 2.19. The van der Waals surface area contributed by atoms with Crippen LogP contribution in [0.25, 0.3) is 0 Å². The average Bonchev–Trinajstić information content (AvgIpc) is 2.31. The monoisotopic (exact) mass is 242 g/mol. The van der Waals surface area contributed by atoms with E-state index in [-0.39, 0.29) is 6.10 Å². The first-order valence-electron chi connectivity index (χ1n) is 7.86. The van der Waals surface area contributed by atoms with Crippen LogP contribution in [-0.2, 0) is 0 Å². The molecule has 0 aliphatic heterocycles. The zero-order valence-corrected chi connectivity index (χ0v) is 12.4. The standard InChI is InChI=1S/C16H34O/c1-4-5-6-7-8-9-10-11-12-13-14-15(2)16(3)17/h15-17H,4-14H2,1-3H3/t15-,16+/m1/s1. The molecule has 0 aliphatic rings. The van der Waals surface area contributed by atoms with Gasteiger partial charge in [0, 0.05) is 0 Å². The molecule has 0 saturated heterocycles. The predicted octanol–water partition coefficient (Wildman–Crippen LogP) is 5.31. The van der Waals surface area contributed by atoms with Crippen molar-refractivity contribution in [2.24, 2.45) is 5.92 Å². The van der Waals surface area contributed by atoms with E-state index in [0.29, 0.717) is 5.92 Å². The summed E-state index contributed by atoms with van der Waals surface area (Å²) in [4.78, 5) is 0. The molecule has 0 saturated carbocycles. The Balaban J connectivity index is 3.03. The third-order valence-corrected chi connectivity index (χ3v) is 3.84. The smallest absolute Gasteiger partial charge is 0.0537 e. The van der Waals surface area contributed by atoms with Gasteiger partial charge in [0.05, 0.1) is 6.10 Å². The lowest BCUT2D eigenvalue weighted by atomic mass is 9.97. The molecule has 0 bridgehead atoms. The fraction of sp³-hybridized carbons (Fsp3) is 1.00. The normalized spacial score (nSPS) is 14.8. The number of rotatable bonds is 12. The van der Waals surface area contributed by atoms with Crippen LogP contribution in [0.3, 0.4) is 0 Å². The van der Waals surface area contributed by atoms with Crippen LogP contribution in [0.4, 0.5) is 0 Å². The van der Waals surface area contributed by atoms with Gasteiger partial charge < -0.3 is 5.11 Å². The molecule has 0 aliphatic carbocycles. The van der Waals surface area contributed by atoms with Gasteiger partial charge in [-0.05, 0) is 19.3 Å². The van der Waals surface area contributed by atoms with Crippen molar-refractivity contribution in [3.63, 3.8) is 0 Å². The molecule has 0 aromatic rings. The summed E-state index contributed by atoms with van der Waals surface area (Å²) < 4.78 is 0. The van der Waals surface area contributed by atoms with Crippen LogP contribution in [0, 0.1) is 5.92 Å². The second-order valence-electron chi connectivity index (χ2n) is 5.69. The highest BCUT2D eigenvalue weighted by Gasteiger charge is 2.07. The first kappa shape index (κ1) is 17.0. The maximum Gasteiger partial charge on any atom is 0.0537 e. The molecule has 1 N–H and O–H groups in total. The molecule has 104 valence electrons. The highest BCUT2D eigenvalue weighted by atomic mass is 16.3. The van der Waals surface area contributed by atoms with E-state index in [1.54, 1.807) is 0 Å². The zero-order chi connectivity index (χ0) is 12.9. The molecule has 0 fully saturated rings. The van der Waals surface area contributed by atoms with E-state index in [0.717, 1.165) is 0 Å². The highest BCUT2D eigenvalue weighted by molar-refractivity contribution is 4.59. The summed E-state index contributed by atoms with van der Waals surface area (Å²) in [5.41, 5.74) is 0. The largest absolute Gasteiger partial charge is 0.393 e. The Labute approximate surface area is 109 Å². The predicted molar refractivity (Wildman–Crippen MR) is 77.3 cm³/mol. The molecule has 0 amide bonds.